The van der Waals surface area contributed by atoms with E-state index in [0.29, 0.717) is 29.3 Å². The van der Waals surface area contributed by atoms with Crippen LogP contribution in [0.5, 0.6) is 0 Å². The highest BCUT2D eigenvalue weighted by atomic mass is 35.5. The molecule has 0 spiro atoms. The van der Waals surface area contributed by atoms with Crippen LogP contribution >= 0.6 is 11.6 Å². The SMILES string of the molecule is NCc1nc(C2CC2)nn1-c1ncc(Cl)cn1. The van der Waals surface area contributed by atoms with E-state index in [0.717, 1.165) is 18.7 Å². The van der Waals surface area contributed by atoms with Gasteiger partial charge in [-0.25, -0.2) is 15.0 Å². The molecule has 88 valence electrons. The molecule has 0 aliphatic heterocycles. The highest BCUT2D eigenvalue weighted by Crippen LogP contribution is 2.38. The Morgan fingerprint density at radius 3 is 2.65 bits per heavy atom. The Bertz CT molecular complexity index is 530. The molecule has 2 aromatic heterocycles. The number of hydrogen-bond acceptors (Lipinski definition) is 5. The minimum absolute atomic E-state index is 0.311. The molecular formula is C10H11ClN6. The van der Waals surface area contributed by atoms with Gasteiger partial charge in [0.15, 0.2) is 5.82 Å². The van der Waals surface area contributed by atoms with Crippen molar-refractivity contribution in [3.63, 3.8) is 0 Å². The molecule has 2 N–H and O–H groups in total. The van der Waals surface area contributed by atoms with Crippen molar-refractivity contribution < 1.29 is 0 Å². The second-order valence-electron chi connectivity index (χ2n) is 3.98. The van der Waals surface area contributed by atoms with E-state index in [2.05, 4.69) is 20.1 Å². The van der Waals surface area contributed by atoms with Crippen LogP contribution in [0.3, 0.4) is 0 Å². The summed E-state index contributed by atoms with van der Waals surface area (Å²) in [6, 6.07) is 0. The number of nitrogens with zero attached hydrogens (tertiary/aromatic N) is 5. The molecule has 0 bridgehead atoms. The fourth-order valence-electron chi connectivity index (χ4n) is 1.58. The van der Waals surface area contributed by atoms with Crippen molar-refractivity contribution >= 4 is 11.6 Å². The first-order valence-corrected chi connectivity index (χ1v) is 5.79. The standard InChI is InChI=1S/C10H11ClN6/c11-7-4-13-10(14-5-7)17-8(3-12)15-9(16-17)6-1-2-6/h4-6H,1-3,12H2. The summed E-state index contributed by atoms with van der Waals surface area (Å²) in [7, 11) is 0. The van der Waals surface area contributed by atoms with E-state index in [1.165, 1.54) is 12.4 Å². The van der Waals surface area contributed by atoms with Crippen molar-refractivity contribution in [1.82, 2.24) is 24.7 Å². The molecule has 17 heavy (non-hydrogen) atoms. The molecule has 6 nitrogen and oxygen atoms in total. The molecule has 1 aliphatic carbocycles. The molecule has 3 rings (SSSR count). The predicted molar refractivity (Wildman–Crippen MR) is 61.8 cm³/mol. The summed E-state index contributed by atoms with van der Waals surface area (Å²) in [5.41, 5.74) is 5.65. The van der Waals surface area contributed by atoms with Crippen LogP contribution in [0.15, 0.2) is 12.4 Å². The minimum Gasteiger partial charge on any atom is -0.324 e. The van der Waals surface area contributed by atoms with Gasteiger partial charge in [0.25, 0.3) is 5.95 Å². The summed E-state index contributed by atoms with van der Waals surface area (Å²) >= 11 is 5.74. The van der Waals surface area contributed by atoms with E-state index in [-0.39, 0.29) is 0 Å². The fourth-order valence-corrected chi connectivity index (χ4v) is 1.68. The minimum atomic E-state index is 0.311. The molecule has 0 radical (unpaired) electrons. The number of rotatable bonds is 3. The second kappa shape index (κ2) is 4.05. The first-order valence-electron chi connectivity index (χ1n) is 5.41. The van der Waals surface area contributed by atoms with Gasteiger partial charge in [0, 0.05) is 5.92 Å². The quantitative estimate of drug-likeness (QED) is 0.880. The maximum absolute atomic E-state index is 5.74. The molecule has 1 saturated carbocycles. The Morgan fingerprint density at radius 1 is 1.35 bits per heavy atom. The van der Waals surface area contributed by atoms with E-state index in [9.17, 15) is 0 Å². The third-order valence-corrected chi connectivity index (χ3v) is 2.81. The molecular weight excluding hydrogens is 240 g/mol. The van der Waals surface area contributed by atoms with Gasteiger partial charge in [-0.05, 0) is 12.8 Å². The summed E-state index contributed by atoms with van der Waals surface area (Å²) in [6.45, 7) is 0.311. The normalized spacial score (nSPS) is 15.2. The largest absolute Gasteiger partial charge is 0.324 e. The number of aromatic nitrogens is 5. The lowest BCUT2D eigenvalue weighted by molar-refractivity contribution is 0.735. The van der Waals surface area contributed by atoms with Crippen molar-refractivity contribution in [1.29, 1.82) is 0 Å². The molecule has 2 heterocycles. The zero-order valence-electron chi connectivity index (χ0n) is 9.04. The lowest BCUT2D eigenvalue weighted by Gasteiger charge is -2.00. The van der Waals surface area contributed by atoms with Gasteiger partial charge in [0.2, 0.25) is 0 Å². The van der Waals surface area contributed by atoms with E-state index >= 15 is 0 Å². The number of halogens is 1. The first kappa shape index (κ1) is 10.6. The van der Waals surface area contributed by atoms with Crippen LogP contribution in [-0.2, 0) is 6.54 Å². The molecule has 0 unspecified atom stereocenters. The van der Waals surface area contributed by atoms with E-state index in [4.69, 9.17) is 17.3 Å². The Kier molecular flexibility index (Phi) is 2.53. The van der Waals surface area contributed by atoms with Gasteiger partial charge >= 0.3 is 0 Å². The van der Waals surface area contributed by atoms with Gasteiger partial charge in [-0.15, -0.1) is 5.10 Å². The average molecular weight is 251 g/mol. The Balaban J connectivity index is 2.02. The van der Waals surface area contributed by atoms with Crippen LogP contribution in [0, 0.1) is 0 Å². The Hall–Kier alpha value is -1.53. The van der Waals surface area contributed by atoms with Crippen LogP contribution in [0.4, 0.5) is 0 Å². The van der Waals surface area contributed by atoms with Crippen molar-refractivity contribution in [2.75, 3.05) is 0 Å². The van der Waals surface area contributed by atoms with Gasteiger partial charge in [-0.1, -0.05) is 11.6 Å². The average Bonchev–Trinajstić information content (AvgIpc) is 3.10. The van der Waals surface area contributed by atoms with Crippen LogP contribution in [0.25, 0.3) is 5.95 Å². The summed E-state index contributed by atoms with van der Waals surface area (Å²) in [5, 5.41) is 4.89. The monoisotopic (exact) mass is 250 g/mol. The molecule has 0 aromatic carbocycles. The molecule has 0 atom stereocenters. The highest BCUT2D eigenvalue weighted by Gasteiger charge is 2.29. The molecule has 0 saturated heterocycles. The van der Waals surface area contributed by atoms with Crippen molar-refractivity contribution in [3.8, 4) is 5.95 Å². The second-order valence-corrected chi connectivity index (χ2v) is 4.41. The lowest BCUT2D eigenvalue weighted by atomic mass is 10.4. The summed E-state index contributed by atoms with van der Waals surface area (Å²) < 4.78 is 1.59. The third-order valence-electron chi connectivity index (χ3n) is 2.61. The maximum atomic E-state index is 5.74. The highest BCUT2D eigenvalue weighted by molar-refractivity contribution is 6.30. The van der Waals surface area contributed by atoms with E-state index in [1.807, 2.05) is 0 Å². The van der Waals surface area contributed by atoms with Gasteiger partial charge in [0.05, 0.1) is 24.0 Å². The van der Waals surface area contributed by atoms with Gasteiger partial charge in [0.1, 0.15) is 5.82 Å². The van der Waals surface area contributed by atoms with E-state index < -0.39 is 0 Å². The van der Waals surface area contributed by atoms with Gasteiger partial charge in [-0.2, -0.15) is 4.68 Å². The lowest BCUT2D eigenvalue weighted by Crippen LogP contribution is -2.10. The van der Waals surface area contributed by atoms with E-state index in [1.54, 1.807) is 4.68 Å². The smallest absolute Gasteiger partial charge is 0.252 e. The molecule has 2 aromatic rings. The van der Waals surface area contributed by atoms with Crippen molar-refractivity contribution in [2.24, 2.45) is 5.73 Å². The fraction of sp³-hybridized carbons (Fsp3) is 0.400. The number of nitrogens with two attached hydrogens (primary N) is 1. The van der Waals surface area contributed by atoms with Crippen LogP contribution in [-0.4, -0.2) is 24.7 Å². The van der Waals surface area contributed by atoms with Crippen molar-refractivity contribution in [3.05, 3.63) is 29.1 Å². The van der Waals surface area contributed by atoms with Crippen LogP contribution in [0.2, 0.25) is 5.02 Å². The zero-order valence-corrected chi connectivity index (χ0v) is 9.80. The van der Waals surface area contributed by atoms with Crippen molar-refractivity contribution in [2.45, 2.75) is 25.3 Å². The molecule has 1 fully saturated rings. The summed E-state index contributed by atoms with van der Waals surface area (Å²) in [4.78, 5) is 12.6. The first-order chi connectivity index (χ1) is 8.28. The van der Waals surface area contributed by atoms with Crippen LogP contribution < -0.4 is 5.73 Å². The van der Waals surface area contributed by atoms with Gasteiger partial charge < -0.3 is 5.73 Å². The van der Waals surface area contributed by atoms with Gasteiger partial charge in [-0.3, -0.25) is 0 Å². The van der Waals surface area contributed by atoms with Crippen LogP contribution in [0.1, 0.15) is 30.4 Å². The zero-order chi connectivity index (χ0) is 11.8. The molecule has 1 aliphatic rings. The predicted octanol–water partition coefficient (Wildman–Crippen LogP) is 1.05. The topological polar surface area (TPSA) is 82.5 Å². The molecule has 7 heteroatoms. The maximum Gasteiger partial charge on any atom is 0.252 e. The number of hydrogen-bond donors (Lipinski definition) is 1. The summed E-state index contributed by atoms with van der Waals surface area (Å²) in [5.74, 6) is 2.45. The summed E-state index contributed by atoms with van der Waals surface area (Å²) in [6.07, 6.45) is 5.36. The Morgan fingerprint density at radius 2 is 2.06 bits per heavy atom. The third kappa shape index (κ3) is 2.01. The Labute approximate surface area is 103 Å². The molecule has 0 amide bonds.